The average Bonchev–Trinajstić information content (AvgIpc) is 3.35. The van der Waals surface area contributed by atoms with Crippen LogP contribution in [0.4, 0.5) is 0 Å². The molecule has 2 aromatic heterocycles. The summed E-state index contributed by atoms with van der Waals surface area (Å²) in [5.41, 5.74) is 1.75. The normalized spacial score (nSPS) is 11.7. The molecule has 0 saturated heterocycles. The number of aryl methyl sites for hydroxylation is 2. The van der Waals surface area contributed by atoms with E-state index in [-0.39, 0.29) is 0 Å². The summed E-state index contributed by atoms with van der Waals surface area (Å²) >= 11 is 22.7. The van der Waals surface area contributed by atoms with Crippen molar-refractivity contribution in [1.82, 2.24) is 29.7 Å². The van der Waals surface area contributed by atoms with Gasteiger partial charge < -0.3 is 0 Å². The van der Waals surface area contributed by atoms with Gasteiger partial charge in [0.15, 0.2) is 11.6 Å². The van der Waals surface area contributed by atoms with E-state index in [4.69, 9.17) is 47.6 Å². The van der Waals surface area contributed by atoms with E-state index >= 15 is 0 Å². The van der Waals surface area contributed by atoms with Crippen molar-refractivity contribution in [3.8, 4) is 0 Å². The first-order valence-electron chi connectivity index (χ1n) is 10.4. The van der Waals surface area contributed by atoms with Gasteiger partial charge in [0, 0.05) is 22.9 Å². The molecule has 2 heterocycles. The molecule has 0 aliphatic heterocycles. The number of rotatable bonds is 9. The molecule has 8 nitrogen and oxygen atoms in total. The number of nitrogens with one attached hydrogen (secondary N) is 2. The number of H-pyrrole nitrogens is 2. The molecule has 4 aromatic rings. The van der Waals surface area contributed by atoms with Crippen LogP contribution < -0.4 is 0 Å². The first-order chi connectivity index (χ1) is 16.5. The molecule has 0 spiro atoms. The molecule has 0 aliphatic rings. The van der Waals surface area contributed by atoms with Gasteiger partial charge in [0.2, 0.25) is 9.54 Å². The number of hydrogen-bond donors (Lipinski definition) is 2. The van der Waals surface area contributed by atoms with Crippen LogP contribution in [0.25, 0.3) is 0 Å². The van der Waals surface area contributed by atoms with Crippen molar-refractivity contribution in [2.24, 2.45) is 10.2 Å². The van der Waals surface area contributed by atoms with Crippen LogP contribution in [0, 0.1) is 9.54 Å². The maximum absolute atomic E-state index is 6.04. The first kappa shape index (κ1) is 24.2. The van der Waals surface area contributed by atoms with Crippen LogP contribution in [0.5, 0.6) is 0 Å². The van der Waals surface area contributed by atoms with E-state index < -0.39 is 0 Å². The molecule has 0 amide bonds. The molecule has 12 heteroatoms. The Morgan fingerprint density at radius 3 is 1.62 bits per heavy atom. The van der Waals surface area contributed by atoms with Crippen molar-refractivity contribution in [2.45, 2.75) is 25.7 Å². The standard InChI is InChI=1S/C22H20Cl2N8S2/c23-17-7-3-5-15(11-17)13-25-31-19(27-29-21(31)33)9-1-2-10-20-28-30-22(34)32(20)26-14-16-6-4-8-18(24)12-16/h3-8,11-14H,1-2,9-10H2,(H,29,33)(H,30,34)/b25-13+,26-14+. The fourth-order valence-corrected chi connectivity index (χ4v) is 3.99. The molecule has 0 radical (unpaired) electrons. The lowest BCUT2D eigenvalue weighted by Crippen LogP contribution is -2.02. The van der Waals surface area contributed by atoms with Gasteiger partial charge in [-0.2, -0.15) is 29.8 Å². The second kappa shape index (κ2) is 11.5. The third kappa shape index (κ3) is 6.35. The fourth-order valence-electron chi connectivity index (χ4n) is 3.20. The van der Waals surface area contributed by atoms with Gasteiger partial charge in [-0.1, -0.05) is 47.5 Å². The Labute approximate surface area is 216 Å². The van der Waals surface area contributed by atoms with E-state index in [2.05, 4.69) is 30.6 Å². The highest BCUT2D eigenvalue weighted by Crippen LogP contribution is 2.12. The van der Waals surface area contributed by atoms with E-state index in [0.29, 0.717) is 32.4 Å². The van der Waals surface area contributed by atoms with Gasteiger partial charge in [-0.15, -0.1) is 0 Å². The highest BCUT2D eigenvalue weighted by atomic mass is 35.5. The smallest absolute Gasteiger partial charge is 0.216 e. The maximum atomic E-state index is 6.04. The monoisotopic (exact) mass is 530 g/mol. The molecular weight excluding hydrogens is 511 g/mol. The molecule has 0 saturated carbocycles. The summed E-state index contributed by atoms with van der Waals surface area (Å²) in [6.45, 7) is 0. The minimum Gasteiger partial charge on any atom is -0.250 e. The Balaban J connectivity index is 1.37. The van der Waals surface area contributed by atoms with Gasteiger partial charge in [0.25, 0.3) is 0 Å². The van der Waals surface area contributed by atoms with Crippen molar-refractivity contribution in [1.29, 1.82) is 0 Å². The summed E-state index contributed by atoms with van der Waals surface area (Å²) in [5.74, 6) is 1.50. The number of nitrogens with zero attached hydrogens (tertiary/aromatic N) is 6. The molecule has 4 rings (SSSR count). The second-order valence-corrected chi connectivity index (χ2v) is 8.97. The van der Waals surface area contributed by atoms with Gasteiger partial charge in [-0.3, -0.25) is 10.2 Å². The predicted molar refractivity (Wildman–Crippen MR) is 140 cm³/mol. The highest BCUT2D eigenvalue weighted by molar-refractivity contribution is 7.71. The lowest BCUT2D eigenvalue weighted by atomic mass is 10.2. The summed E-state index contributed by atoms with van der Waals surface area (Å²) in [6, 6.07) is 14.9. The largest absolute Gasteiger partial charge is 0.250 e. The molecule has 0 bridgehead atoms. The summed E-state index contributed by atoms with van der Waals surface area (Å²) in [6.07, 6.45) is 6.49. The number of unbranched alkanes of at least 4 members (excludes halogenated alkanes) is 1. The maximum Gasteiger partial charge on any atom is 0.216 e. The van der Waals surface area contributed by atoms with E-state index in [1.165, 1.54) is 0 Å². The van der Waals surface area contributed by atoms with Gasteiger partial charge in [-0.25, -0.2) is 0 Å². The fraction of sp³-hybridized carbons (Fsp3) is 0.182. The molecule has 174 valence electrons. The van der Waals surface area contributed by atoms with Gasteiger partial charge in [-0.05, 0) is 72.7 Å². The van der Waals surface area contributed by atoms with Crippen molar-refractivity contribution in [3.63, 3.8) is 0 Å². The van der Waals surface area contributed by atoms with Crippen LogP contribution in [0.3, 0.4) is 0 Å². The number of aromatic amines is 2. The van der Waals surface area contributed by atoms with Gasteiger partial charge >= 0.3 is 0 Å². The SMILES string of the molecule is S=c1[nH]nc(CCCCc2n[nH]c(=S)n2/N=C/c2cccc(Cl)c2)n1/N=C/c1cccc(Cl)c1. The third-order valence-electron chi connectivity index (χ3n) is 4.83. The van der Waals surface area contributed by atoms with Crippen LogP contribution >= 0.6 is 47.6 Å². The van der Waals surface area contributed by atoms with Crippen LogP contribution in [0.2, 0.25) is 10.0 Å². The summed E-state index contributed by atoms with van der Waals surface area (Å²) in [7, 11) is 0. The quantitative estimate of drug-likeness (QED) is 0.162. The van der Waals surface area contributed by atoms with Crippen molar-refractivity contribution >= 4 is 60.1 Å². The Hall–Kier alpha value is -2.92. The Morgan fingerprint density at radius 2 is 1.21 bits per heavy atom. The lowest BCUT2D eigenvalue weighted by molar-refractivity contribution is 0.643. The van der Waals surface area contributed by atoms with Crippen molar-refractivity contribution in [3.05, 3.63) is 90.9 Å². The van der Waals surface area contributed by atoms with Crippen LogP contribution in [0.1, 0.15) is 35.6 Å². The van der Waals surface area contributed by atoms with Crippen LogP contribution in [0.15, 0.2) is 58.7 Å². The molecular formula is C22H20Cl2N8S2. The van der Waals surface area contributed by atoms with Crippen molar-refractivity contribution < 1.29 is 0 Å². The zero-order chi connectivity index (χ0) is 23.9. The zero-order valence-corrected chi connectivity index (χ0v) is 21.0. The molecule has 0 fully saturated rings. The highest BCUT2D eigenvalue weighted by Gasteiger charge is 2.08. The molecule has 2 N–H and O–H groups in total. The molecule has 0 unspecified atom stereocenters. The van der Waals surface area contributed by atoms with Crippen LogP contribution in [-0.4, -0.2) is 42.2 Å². The first-order valence-corrected chi connectivity index (χ1v) is 12.0. The zero-order valence-electron chi connectivity index (χ0n) is 17.9. The Kier molecular flexibility index (Phi) is 8.17. The molecule has 34 heavy (non-hydrogen) atoms. The third-order valence-corrected chi connectivity index (χ3v) is 5.83. The van der Waals surface area contributed by atoms with Crippen molar-refractivity contribution in [2.75, 3.05) is 0 Å². The minimum atomic E-state index is 0.435. The van der Waals surface area contributed by atoms with E-state index in [1.54, 1.807) is 21.8 Å². The van der Waals surface area contributed by atoms with Crippen LogP contribution in [-0.2, 0) is 12.8 Å². The van der Waals surface area contributed by atoms with E-state index in [0.717, 1.165) is 35.6 Å². The molecule has 0 atom stereocenters. The van der Waals surface area contributed by atoms with E-state index in [1.807, 2.05) is 48.5 Å². The average molecular weight is 531 g/mol. The number of halogens is 2. The summed E-state index contributed by atoms with van der Waals surface area (Å²) < 4.78 is 4.12. The second-order valence-electron chi connectivity index (χ2n) is 7.32. The predicted octanol–water partition coefficient (Wildman–Crippen LogP) is 5.83. The van der Waals surface area contributed by atoms with Gasteiger partial charge in [0.05, 0.1) is 12.4 Å². The molecule has 2 aromatic carbocycles. The number of aromatic nitrogens is 6. The summed E-state index contributed by atoms with van der Waals surface area (Å²) in [4.78, 5) is 0. The lowest BCUT2D eigenvalue weighted by Gasteiger charge is -2.03. The number of hydrogen-bond acceptors (Lipinski definition) is 6. The van der Waals surface area contributed by atoms with E-state index in [9.17, 15) is 0 Å². The minimum absolute atomic E-state index is 0.435. The molecule has 0 aliphatic carbocycles. The topological polar surface area (TPSA) is 91.9 Å². The summed E-state index contributed by atoms with van der Waals surface area (Å²) in [5, 5.41) is 24.4. The Morgan fingerprint density at radius 1 is 0.765 bits per heavy atom. The number of benzene rings is 2. The van der Waals surface area contributed by atoms with Gasteiger partial charge in [0.1, 0.15) is 0 Å². The Bertz CT molecular complexity index is 1340.